The molecule has 9 heteroatoms. The van der Waals surface area contributed by atoms with Gasteiger partial charge in [-0.2, -0.15) is 5.10 Å². The fourth-order valence-electron chi connectivity index (χ4n) is 2.89. The maximum atomic E-state index is 12.9. The Hall–Kier alpha value is -4.53. The number of ether oxygens (including phenoxy) is 2. The summed E-state index contributed by atoms with van der Waals surface area (Å²) in [6, 6.07) is 18.3. The van der Waals surface area contributed by atoms with Gasteiger partial charge in [0.15, 0.2) is 0 Å². The molecule has 2 amide bonds. The summed E-state index contributed by atoms with van der Waals surface area (Å²) in [5.41, 5.74) is 3.59. The standard InChI is InChI=1S/C27H26FN3O5/c1-2-3-16-35-23-14-8-21(9-15-23)27(34)36-24-12-4-19(5-13-24)17-30-31-25(32)18-29-26(33)20-6-10-22(28)11-7-20/h4-15,17H,2-3,16,18H2,1H3,(H,29,33)(H,31,32)/b30-17-. The molecule has 3 aromatic carbocycles. The van der Waals surface area contributed by atoms with Crippen molar-refractivity contribution in [2.24, 2.45) is 5.10 Å². The average Bonchev–Trinajstić information content (AvgIpc) is 2.89. The lowest BCUT2D eigenvalue weighted by Gasteiger charge is -2.07. The number of esters is 1. The number of rotatable bonds is 11. The molecule has 3 aromatic rings. The highest BCUT2D eigenvalue weighted by Crippen LogP contribution is 2.16. The summed E-state index contributed by atoms with van der Waals surface area (Å²) in [4.78, 5) is 36.1. The zero-order valence-corrected chi connectivity index (χ0v) is 19.7. The van der Waals surface area contributed by atoms with E-state index in [9.17, 15) is 18.8 Å². The topological polar surface area (TPSA) is 106 Å². The van der Waals surface area contributed by atoms with E-state index >= 15 is 0 Å². The van der Waals surface area contributed by atoms with Crippen LogP contribution in [0.5, 0.6) is 11.5 Å². The first-order chi connectivity index (χ1) is 17.4. The largest absolute Gasteiger partial charge is 0.494 e. The number of hydrogen-bond acceptors (Lipinski definition) is 6. The molecule has 0 heterocycles. The molecule has 8 nitrogen and oxygen atoms in total. The number of hydrazone groups is 1. The first kappa shape index (κ1) is 26.1. The molecule has 0 saturated carbocycles. The lowest BCUT2D eigenvalue weighted by atomic mass is 10.2. The molecule has 36 heavy (non-hydrogen) atoms. The van der Waals surface area contributed by atoms with Crippen LogP contribution in [0.3, 0.4) is 0 Å². The molecule has 0 aliphatic heterocycles. The zero-order valence-electron chi connectivity index (χ0n) is 19.7. The number of carbonyl (C=O) groups is 3. The van der Waals surface area contributed by atoms with Crippen LogP contribution in [0.4, 0.5) is 4.39 Å². The second-order valence-corrected chi connectivity index (χ2v) is 7.67. The van der Waals surface area contributed by atoms with Gasteiger partial charge in [0.1, 0.15) is 17.3 Å². The summed E-state index contributed by atoms with van der Waals surface area (Å²) in [6.07, 6.45) is 3.42. The predicted octanol–water partition coefficient (Wildman–Crippen LogP) is 4.10. The van der Waals surface area contributed by atoms with E-state index in [0.29, 0.717) is 29.2 Å². The smallest absolute Gasteiger partial charge is 0.343 e. The number of unbranched alkanes of at least 4 members (excludes halogenated alkanes) is 1. The molecule has 0 unspecified atom stereocenters. The van der Waals surface area contributed by atoms with Gasteiger partial charge in [-0.05, 0) is 84.8 Å². The molecule has 0 radical (unpaired) electrons. The lowest BCUT2D eigenvalue weighted by molar-refractivity contribution is -0.120. The van der Waals surface area contributed by atoms with Gasteiger partial charge in [-0.25, -0.2) is 14.6 Å². The third kappa shape index (κ3) is 8.35. The summed E-state index contributed by atoms with van der Waals surface area (Å²) in [5, 5.41) is 6.25. The monoisotopic (exact) mass is 491 g/mol. The van der Waals surface area contributed by atoms with Crippen LogP contribution in [0.15, 0.2) is 77.9 Å². The summed E-state index contributed by atoms with van der Waals surface area (Å²) in [6.45, 7) is 2.42. The maximum absolute atomic E-state index is 12.9. The summed E-state index contributed by atoms with van der Waals surface area (Å²) in [7, 11) is 0. The molecule has 186 valence electrons. The minimum atomic E-state index is -0.533. The number of nitrogens with zero attached hydrogens (tertiary/aromatic N) is 1. The van der Waals surface area contributed by atoms with E-state index in [2.05, 4.69) is 22.8 Å². The number of amides is 2. The second kappa shape index (κ2) is 13.4. The van der Waals surface area contributed by atoms with Crippen LogP contribution in [-0.2, 0) is 4.79 Å². The molecule has 0 fully saturated rings. The summed E-state index contributed by atoms with van der Waals surface area (Å²) in [5.74, 6) is -0.932. The Morgan fingerprint density at radius 3 is 2.19 bits per heavy atom. The number of carbonyl (C=O) groups excluding carboxylic acids is 3. The number of benzene rings is 3. The molecule has 0 aliphatic rings. The van der Waals surface area contributed by atoms with Crippen LogP contribution >= 0.6 is 0 Å². The van der Waals surface area contributed by atoms with E-state index in [1.807, 2.05) is 0 Å². The van der Waals surface area contributed by atoms with Crippen molar-refractivity contribution in [1.82, 2.24) is 10.7 Å². The Bertz CT molecular complexity index is 1190. The third-order valence-electron chi connectivity index (χ3n) is 4.87. The van der Waals surface area contributed by atoms with E-state index in [1.54, 1.807) is 48.5 Å². The van der Waals surface area contributed by atoms with Gasteiger partial charge in [0.05, 0.1) is 24.9 Å². The highest BCUT2D eigenvalue weighted by Gasteiger charge is 2.09. The molecule has 0 atom stereocenters. The van der Waals surface area contributed by atoms with Crippen molar-refractivity contribution in [2.45, 2.75) is 19.8 Å². The second-order valence-electron chi connectivity index (χ2n) is 7.67. The quantitative estimate of drug-likeness (QED) is 0.138. The SMILES string of the molecule is CCCCOc1ccc(C(=O)Oc2ccc(/C=N\NC(=O)CNC(=O)c3ccc(F)cc3)cc2)cc1. The minimum absolute atomic E-state index is 0.238. The first-order valence-electron chi connectivity index (χ1n) is 11.4. The molecule has 3 rings (SSSR count). The van der Waals surface area contributed by atoms with Gasteiger partial charge in [-0.1, -0.05) is 13.3 Å². The lowest BCUT2D eigenvalue weighted by Crippen LogP contribution is -2.34. The molecule has 0 bridgehead atoms. The molecular formula is C27H26FN3O5. The van der Waals surface area contributed by atoms with E-state index in [-0.39, 0.29) is 12.1 Å². The van der Waals surface area contributed by atoms with E-state index in [4.69, 9.17) is 9.47 Å². The van der Waals surface area contributed by atoms with Crippen molar-refractivity contribution in [2.75, 3.05) is 13.2 Å². The molecule has 0 aliphatic carbocycles. The van der Waals surface area contributed by atoms with E-state index < -0.39 is 23.6 Å². The predicted molar refractivity (Wildman–Crippen MR) is 133 cm³/mol. The van der Waals surface area contributed by atoms with Gasteiger partial charge >= 0.3 is 5.97 Å². The van der Waals surface area contributed by atoms with E-state index in [0.717, 1.165) is 25.0 Å². The average molecular weight is 492 g/mol. The Labute approximate surface area is 208 Å². The maximum Gasteiger partial charge on any atom is 0.343 e. The van der Waals surface area contributed by atoms with Crippen LogP contribution in [0.25, 0.3) is 0 Å². The van der Waals surface area contributed by atoms with Gasteiger partial charge in [0.2, 0.25) is 0 Å². The third-order valence-corrected chi connectivity index (χ3v) is 4.87. The Morgan fingerprint density at radius 2 is 1.53 bits per heavy atom. The van der Waals surface area contributed by atoms with Gasteiger partial charge in [0, 0.05) is 5.56 Å². The Morgan fingerprint density at radius 1 is 0.889 bits per heavy atom. The molecule has 0 saturated heterocycles. The van der Waals surface area contributed by atoms with Crippen LogP contribution in [0, 0.1) is 5.82 Å². The fourth-order valence-corrected chi connectivity index (χ4v) is 2.89. The highest BCUT2D eigenvalue weighted by atomic mass is 19.1. The summed E-state index contributed by atoms with van der Waals surface area (Å²) >= 11 is 0. The minimum Gasteiger partial charge on any atom is -0.494 e. The van der Waals surface area contributed by atoms with Crippen LogP contribution in [0.1, 0.15) is 46.0 Å². The number of halogens is 1. The van der Waals surface area contributed by atoms with Crippen LogP contribution < -0.4 is 20.2 Å². The Kier molecular flexibility index (Phi) is 9.69. The zero-order chi connectivity index (χ0) is 25.8. The van der Waals surface area contributed by atoms with Crippen molar-refractivity contribution in [3.63, 3.8) is 0 Å². The van der Waals surface area contributed by atoms with Crippen molar-refractivity contribution in [3.8, 4) is 11.5 Å². The van der Waals surface area contributed by atoms with Gasteiger partial charge in [-0.3, -0.25) is 9.59 Å². The van der Waals surface area contributed by atoms with Crippen molar-refractivity contribution in [1.29, 1.82) is 0 Å². The normalized spacial score (nSPS) is 10.6. The van der Waals surface area contributed by atoms with Crippen LogP contribution in [-0.4, -0.2) is 37.1 Å². The first-order valence-corrected chi connectivity index (χ1v) is 11.4. The number of nitrogens with one attached hydrogen (secondary N) is 2. The van der Waals surface area contributed by atoms with Gasteiger partial charge in [0.25, 0.3) is 11.8 Å². The molecule has 0 aromatic heterocycles. The van der Waals surface area contributed by atoms with Gasteiger partial charge in [-0.15, -0.1) is 0 Å². The highest BCUT2D eigenvalue weighted by molar-refractivity contribution is 5.96. The van der Waals surface area contributed by atoms with Gasteiger partial charge < -0.3 is 14.8 Å². The fraction of sp³-hybridized carbons (Fsp3) is 0.185. The molecule has 2 N–H and O–H groups in total. The van der Waals surface area contributed by atoms with Crippen LogP contribution in [0.2, 0.25) is 0 Å². The molecular weight excluding hydrogens is 465 g/mol. The van der Waals surface area contributed by atoms with Crippen molar-refractivity contribution in [3.05, 3.63) is 95.3 Å². The van der Waals surface area contributed by atoms with Crippen molar-refractivity contribution >= 4 is 24.0 Å². The summed E-state index contributed by atoms with van der Waals surface area (Å²) < 4.78 is 23.9. The molecule has 0 spiro atoms. The number of hydrogen-bond donors (Lipinski definition) is 2. The van der Waals surface area contributed by atoms with Crippen molar-refractivity contribution < 1.29 is 28.2 Å². The Balaban J connectivity index is 1.42. The van der Waals surface area contributed by atoms with E-state index in [1.165, 1.54) is 18.3 Å².